The minimum Gasteiger partial charge on any atom is -0.493 e. The van der Waals surface area contributed by atoms with E-state index in [2.05, 4.69) is 15.9 Å². The highest BCUT2D eigenvalue weighted by Gasteiger charge is 2.35. The average molecular weight is 559 g/mol. The van der Waals surface area contributed by atoms with Gasteiger partial charge in [0.15, 0.2) is 18.1 Å². The van der Waals surface area contributed by atoms with E-state index in [-0.39, 0.29) is 29.7 Å². The van der Waals surface area contributed by atoms with E-state index < -0.39 is 22.9 Å². The van der Waals surface area contributed by atoms with Crippen molar-refractivity contribution in [1.29, 1.82) is 0 Å². The number of imide groups is 1. The first-order valence-corrected chi connectivity index (χ1v) is 11.6. The fourth-order valence-corrected chi connectivity index (χ4v) is 4.54. The average Bonchev–Trinajstić information content (AvgIpc) is 3.01. The Morgan fingerprint density at radius 2 is 2.03 bits per heavy atom. The monoisotopic (exact) mass is 557 g/mol. The van der Waals surface area contributed by atoms with Crippen molar-refractivity contribution in [2.24, 2.45) is 0 Å². The molecule has 0 N–H and O–H groups in total. The topological polar surface area (TPSA) is 82.1 Å². The van der Waals surface area contributed by atoms with Crippen LogP contribution in [0.3, 0.4) is 0 Å². The fourth-order valence-electron chi connectivity index (χ4n) is 2.90. The molecule has 1 aliphatic rings. The molecule has 1 heterocycles. The largest absolute Gasteiger partial charge is 0.493 e. The molecule has 1 aliphatic heterocycles. The third kappa shape index (κ3) is 6.07. The van der Waals surface area contributed by atoms with Crippen molar-refractivity contribution >= 4 is 62.5 Å². The minimum absolute atomic E-state index is 0.0746. The summed E-state index contributed by atoms with van der Waals surface area (Å²) in [5.41, 5.74) is 1.02. The highest BCUT2D eigenvalue weighted by molar-refractivity contribution is 9.10. The smallest absolute Gasteiger partial charge is 0.344 e. The van der Waals surface area contributed by atoms with Gasteiger partial charge in [0.25, 0.3) is 11.1 Å². The zero-order valence-electron chi connectivity index (χ0n) is 17.5. The number of carbonyl (C=O) groups is 3. The van der Waals surface area contributed by atoms with Gasteiger partial charge in [0.05, 0.1) is 29.6 Å². The molecule has 0 saturated carbocycles. The van der Waals surface area contributed by atoms with Crippen LogP contribution in [0, 0.1) is 5.82 Å². The van der Waals surface area contributed by atoms with Gasteiger partial charge in [-0.2, -0.15) is 0 Å². The molecule has 0 aliphatic carbocycles. The molecule has 0 unspecified atom stereocenters. The van der Waals surface area contributed by atoms with Crippen LogP contribution in [0.2, 0.25) is 5.02 Å². The highest BCUT2D eigenvalue weighted by atomic mass is 79.9. The van der Waals surface area contributed by atoms with Gasteiger partial charge in [-0.25, -0.2) is 9.18 Å². The van der Waals surface area contributed by atoms with Crippen molar-refractivity contribution in [2.45, 2.75) is 13.5 Å². The molecule has 0 atom stereocenters. The van der Waals surface area contributed by atoms with Gasteiger partial charge in [-0.15, -0.1) is 0 Å². The summed E-state index contributed by atoms with van der Waals surface area (Å²) in [5.74, 6) is -0.917. The third-order valence-electron chi connectivity index (χ3n) is 4.41. The van der Waals surface area contributed by atoms with Crippen LogP contribution in [0.25, 0.3) is 6.08 Å². The Morgan fingerprint density at radius 3 is 2.70 bits per heavy atom. The number of amides is 2. The summed E-state index contributed by atoms with van der Waals surface area (Å²) >= 11 is 10.2. The standard InChI is InChI=1S/C22H18BrClFNO6S/c1-3-31-19(27)11-32-20-15(23)6-12(7-17(20)30-2)8-18-21(28)26(22(29)33-18)10-13-4-5-14(25)9-16(13)24/h4-9H,3,10-11H2,1-2H3/b18-8-. The number of halogens is 3. The molecule has 3 rings (SSSR count). The summed E-state index contributed by atoms with van der Waals surface area (Å²) in [6.07, 6.45) is 1.54. The number of rotatable bonds is 8. The van der Waals surface area contributed by atoms with Crippen LogP contribution in [0.4, 0.5) is 9.18 Å². The van der Waals surface area contributed by atoms with Crippen molar-refractivity contribution in [3.63, 3.8) is 0 Å². The Balaban J connectivity index is 1.81. The van der Waals surface area contributed by atoms with Gasteiger partial charge in [0, 0.05) is 5.02 Å². The lowest BCUT2D eigenvalue weighted by atomic mass is 10.1. The van der Waals surface area contributed by atoms with Gasteiger partial charge in [-0.05, 0) is 76.1 Å². The summed E-state index contributed by atoms with van der Waals surface area (Å²) in [6.45, 7) is 1.56. The van der Waals surface area contributed by atoms with Gasteiger partial charge in [0.2, 0.25) is 0 Å². The molecule has 0 aromatic heterocycles. The molecule has 2 aromatic rings. The number of thioether (sulfide) groups is 1. The zero-order valence-corrected chi connectivity index (χ0v) is 20.7. The van der Waals surface area contributed by atoms with Crippen molar-refractivity contribution < 1.29 is 33.0 Å². The number of nitrogens with zero attached hydrogens (tertiary/aromatic N) is 1. The second-order valence-corrected chi connectivity index (χ2v) is 8.89. The normalized spacial score (nSPS) is 14.7. The minimum atomic E-state index is -0.523. The van der Waals surface area contributed by atoms with Crippen LogP contribution in [0.5, 0.6) is 11.5 Å². The Morgan fingerprint density at radius 1 is 1.27 bits per heavy atom. The number of esters is 1. The van der Waals surface area contributed by atoms with Crippen LogP contribution in [-0.2, 0) is 20.9 Å². The van der Waals surface area contributed by atoms with Gasteiger partial charge in [-0.1, -0.05) is 17.7 Å². The predicted molar refractivity (Wildman–Crippen MR) is 126 cm³/mol. The SMILES string of the molecule is CCOC(=O)COc1c(Br)cc(/C=C2\SC(=O)N(Cc3ccc(F)cc3Cl)C2=O)cc1OC. The second kappa shape index (κ2) is 11.0. The van der Waals surface area contributed by atoms with Crippen LogP contribution in [-0.4, -0.2) is 42.3 Å². The van der Waals surface area contributed by atoms with Gasteiger partial charge >= 0.3 is 5.97 Å². The Bertz CT molecular complexity index is 1140. The molecule has 0 radical (unpaired) electrons. The van der Waals surface area contributed by atoms with E-state index in [1.807, 2.05) is 0 Å². The first kappa shape index (κ1) is 25.1. The zero-order chi connectivity index (χ0) is 24.1. The number of hydrogen-bond acceptors (Lipinski definition) is 7. The molecule has 1 fully saturated rings. The first-order chi connectivity index (χ1) is 15.7. The summed E-state index contributed by atoms with van der Waals surface area (Å²) in [6, 6.07) is 7.04. The Labute approximate surface area is 206 Å². The van der Waals surface area contributed by atoms with E-state index in [1.54, 1.807) is 25.1 Å². The molecule has 33 heavy (non-hydrogen) atoms. The summed E-state index contributed by atoms with van der Waals surface area (Å²) in [5, 5.41) is -0.336. The molecule has 11 heteroatoms. The summed E-state index contributed by atoms with van der Waals surface area (Å²) < 4.78 is 29.4. The molecule has 0 bridgehead atoms. The van der Waals surface area contributed by atoms with Crippen molar-refractivity contribution in [1.82, 2.24) is 4.90 Å². The van der Waals surface area contributed by atoms with E-state index in [4.69, 9.17) is 25.8 Å². The lowest BCUT2D eigenvalue weighted by Gasteiger charge is -2.14. The van der Waals surface area contributed by atoms with Gasteiger partial charge < -0.3 is 14.2 Å². The summed E-state index contributed by atoms with van der Waals surface area (Å²) in [7, 11) is 1.43. The highest BCUT2D eigenvalue weighted by Crippen LogP contribution is 2.39. The number of carbonyl (C=O) groups excluding carboxylic acids is 3. The van der Waals surface area contributed by atoms with Crippen LogP contribution in [0.1, 0.15) is 18.1 Å². The maximum Gasteiger partial charge on any atom is 0.344 e. The van der Waals surface area contributed by atoms with Crippen molar-refractivity contribution in [2.75, 3.05) is 20.3 Å². The number of hydrogen-bond donors (Lipinski definition) is 0. The molecular weight excluding hydrogens is 541 g/mol. The molecular formula is C22H18BrClFNO6S. The van der Waals surface area contributed by atoms with Crippen molar-refractivity contribution in [3.8, 4) is 11.5 Å². The van der Waals surface area contributed by atoms with Gasteiger partial charge in [-0.3, -0.25) is 14.5 Å². The Hall–Kier alpha value is -2.56. The third-order valence-corrected chi connectivity index (χ3v) is 6.25. The van der Waals surface area contributed by atoms with E-state index in [0.29, 0.717) is 27.1 Å². The lowest BCUT2D eigenvalue weighted by Crippen LogP contribution is -2.27. The fraction of sp³-hybridized carbons (Fsp3) is 0.227. The molecule has 7 nitrogen and oxygen atoms in total. The van der Waals surface area contributed by atoms with E-state index >= 15 is 0 Å². The van der Waals surface area contributed by atoms with E-state index in [9.17, 15) is 18.8 Å². The van der Waals surface area contributed by atoms with E-state index in [0.717, 1.165) is 22.7 Å². The lowest BCUT2D eigenvalue weighted by molar-refractivity contribution is -0.145. The number of ether oxygens (including phenoxy) is 3. The maximum absolute atomic E-state index is 13.3. The van der Waals surface area contributed by atoms with E-state index in [1.165, 1.54) is 19.2 Å². The van der Waals surface area contributed by atoms with Crippen LogP contribution >= 0.6 is 39.3 Å². The molecule has 2 aromatic carbocycles. The van der Waals surface area contributed by atoms with Crippen LogP contribution in [0.15, 0.2) is 39.7 Å². The van der Waals surface area contributed by atoms with Crippen molar-refractivity contribution in [3.05, 3.63) is 61.7 Å². The molecule has 174 valence electrons. The maximum atomic E-state index is 13.3. The quantitative estimate of drug-likeness (QED) is 0.316. The molecule has 2 amide bonds. The summed E-state index contributed by atoms with van der Waals surface area (Å²) in [4.78, 5) is 38.1. The second-order valence-electron chi connectivity index (χ2n) is 6.63. The van der Waals surface area contributed by atoms with Gasteiger partial charge in [0.1, 0.15) is 5.82 Å². The molecule has 1 saturated heterocycles. The number of benzene rings is 2. The molecule has 0 spiro atoms. The number of methoxy groups -OCH3 is 1. The first-order valence-electron chi connectivity index (χ1n) is 9.58. The van der Waals surface area contributed by atoms with Crippen LogP contribution < -0.4 is 9.47 Å². The predicted octanol–water partition coefficient (Wildman–Crippen LogP) is 5.43. The Kier molecular flexibility index (Phi) is 8.39.